The molecule has 0 radical (unpaired) electrons. The van der Waals surface area contributed by atoms with Gasteiger partial charge in [0.2, 0.25) is 0 Å². The van der Waals surface area contributed by atoms with Gasteiger partial charge in [0.15, 0.2) is 0 Å². The van der Waals surface area contributed by atoms with Crippen molar-refractivity contribution in [1.29, 1.82) is 0 Å². The lowest BCUT2D eigenvalue weighted by molar-refractivity contribution is 0.178. The molecule has 0 spiro atoms. The molecule has 1 saturated carbocycles. The Morgan fingerprint density at radius 3 is 2.09 bits per heavy atom. The summed E-state index contributed by atoms with van der Waals surface area (Å²) in [7, 11) is -3.37. The molecule has 0 unspecified atom stereocenters. The average Bonchev–Trinajstić information content (AvgIpc) is 2.38. The summed E-state index contributed by atoms with van der Waals surface area (Å²) < 4.78 is 22.8. The smallest absolute Gasteiger partial charge is 0.216 e. The molecular formula is C6H12N2O2S. The summed E-state index contributed by atoms with van der Waals surface area (Å²) in [5, 5.41) is 4.92. The van der Waals surface area contributed by atoms with Crippen molar-refractivity contribution in [3.05, 3.63) is 0 Å². The number of hydrogen-bond donors (Lipinski definition) is 1. The van der Waals surface area contributed by atoms with E-state index in [1.54, 1.807) is 0 Å². The second-order valence-electron chi connectivity index (χ2n) is 3.46. The Morgan fingerprint density at radius 1 is 1.18 bits per heavy atom. The minimum Gasteiger partial charge on any atom is -0.216 e. The molecule has 5 heteroatoms. The van der Waals surface area contributed by atoms with Gasteiger partial charge in [-0.2, -0.15) is 12.7 Å². The van der Waals surface area contributed by atoms with Crippen molar-refractivity contribution < 1.29 is 8.42 Å². The normalized spacial score (nSPS) is 28.5. The van der Waals surface area contributed by atoms with E-state index in [9.17, 15) is 8.42 Å². The first kappa shape index (κ1) is 7.52. The highest BCUT2D eigenvalue weighted by Gasteiger charge is 2.42. The molecule has 2 N–H and O–H groups in total. The first-order valence-electron chi connectivity index (χ1n) is 3.85. The maximum atomic E-state index is 10.7. The van der Waals surface area contributed by atoms with Gasteiger partial charge in [0.25, 0.3) is 10.2 Å². The van der Waals surface area contributed by atoms with E-state index in [1.165, 1.54) is 17.1 Å². The van der Waals surface area contributed by atoms with Crippen molar-refractivity contribution in [1.82, 2.24) is 4.31 Å². The van der Waals surface area contributed by atoms with Crippen molar-refractivity contribution in [3.63, 3.8) is 0 Å². The quantitative estimate of drug-likeness (QED) is 0.618. The highest BCUT2D eigenvalue weighted by atomic mass is 32.2. The molecule has 0 atom stereocenters. The summed E-state index contributed by atoms with van der Waals surface area (Å²) in [6, 6.07) is 0. The highest BCUT2D eigenvalue weighted by Crippen LogP contribution is 2.41. The van der Waals surface area contributed by atoms with E-state index in [2.05, 4.69) is 0 Å². The largest absolute Gasteiger partial charge is 0.276 e. The van der Waals surface area contributed by atoms with Crippen molar-refractivity contribution in [2.45, 2.75) is 12.8 Å². The molecule has 2 rings (SSSR count). The van der Waals surface area contributed by atoms with Gasteiger partial charge in [-0.05, 0) is 24.7 Å². The Balaban J connectivity index is 1.87. The molecule has 4 nitrogen and oxygen atoms in total. The number of nitrogens with two attached hydrogens (primary N) is 1. The molecule has 1 heterocycles. The number of rotatable bonds is 2. The lowest BCUT2D eigenvalue weighted by atomic mass is 9.98. The van der Waals surface area contributed by atoms with Crippen LogP contribution in [0, 0.1) is 11.8 Å². The Labute approximate surface area is 66.5 Å². The molecule has 0 aromatic heterocycles. The molecule has 11 heavy (non-hydrogen) atoms. The number of hydrogen-bond acceptors (Lipinski definition) is 2. The van der Waals surface area contributed by atoms with Crippen molar-refractivity contribution in [2.24, 2.45) is 17.0 Å². The Morgan fingerprint density at radius 2 is 1.73 bits per heavy atom. The summed E-state index contributed by atoms with van der Waals surface area (Å²) in [5.74, 6) is 1.40. The van der Waals surface area contributed by atoms with E-state index in [0.29, 0.717) is 19.0 Å². The Hall–Kier alpha value is -0.130. The highest BCUT2D eigenvalue weighted by molar-refractivity contribution is 7.86. The molecular weight excluding hydrogens is 164 g/mol. The van der Waals surface area contributed by atoms with Crippen LogP contribution in [0.1, 0.15) is 12.8 Å². The third-order valence-corrected chi connectivity index (χ3v) is 3.54. The van der Waals surface area contributed by atoms with Crippen LogP contribution in [-0.2, 0) is 10.2 Å². The topological polar surface area (TPSA) is 63.4 Å². The predicted molar refractivity (Wildman–Crippen MR) is 40.9 cm³/mol. The molecule has 64 valence electrons. The van der Waals surface area contributed by atoms with E-state index >= 15 is 0 Å². The van der Waals surface area contributed by atoms with Crippen LogP contribution in [0.25, 0.3) is 0 Å². The fourth-order valence-electron chi connectivity index (χ4n) is 1.54. The van der Waals surface area contributed by atoms with Gasteiger partial charge in [0.1, 0.15) is 0 Å². The van der Waals surface area contributed by atoms with Gasteiger partial charge in [-0.25, -0.2) is 5.14 Å². The Bertz CT molecular complexity index is 252. The molecule has 1 saturated heterocycles. The van der Waals surface area contributed by atoms with Crippen molar-refractivity contribution in [2.75, 3.05) is 13.1 Å². The third-order valence-electron chi connectivity index (χ3n) is 2.52. The van der Waals surface area contributed by atoms with Crippen LogP contribution in [0.2, 0.25) is 0 Å². The van der Waals surface area contributed by atoms with Gasteiger partial charge >= 0.3 is 0 Å². The van der Waals surface area contributed by atoms with Crippen LogP contribution >= 0.6 is 0 Å². The van der Waals surface area contributed by atoms with Gasteiger partial charge in [0, 0.05) is 13.1 Å². The van der Waals surface area contributed by atoms with Gasteiger partial charge in [0.05, 0.1) is 0 Å². The van der Waals surface area contributed by atoms with Gasteiger partial charge in [-0.1, -0.05) is 0 Å². The fraction of sp³-hybridized carbons (Fsp3) is 1.00. The standard InChI is InChI=1S/C6H12N2O2S/c7-11(9,10)8-3-6(4-8)5-1-2-5/h5-6H,1-4H2,(H2,7,9,10). The maximum Gasteiger partial charge on any atom is 0.276 e. The van der Waals surface area contributed by atoms with E-state index in [1.807, 2.05) is 0 Å². The first-order chi connectivity index (χ1) is 5.07. The molecule has 0 amide bonds. The predicted octanol–water partition coefficient (Wildman–Crippen LogP) is -0.468. The lowest BCUT2D eigenvalue weighted by Crippen LogP contribution is -2.53. The zero-order valence-electron chi connectivity index (χ0n) is 6.23. The zero-order valence-corrected chi connectivity index (χ0v) is 7.05. The Kier molecular flexibility index (Phi) is 1.49. The van der Waals surface area contributed by atoms with Crippen LogP contribution in [0.5, 0.6) is 0 Å². The second kappa shape index (κ2) is 2.18. The number of nitrogens with zero attached hydrogens (tertiary/aromatic N) is 1. The fourth-order valence-corrected chi connectivity index (χ4v) is 2.34. The molecule has 2 fully saturated rings. The van der Waals surface area contributed by atoms with Crippen LogP contribution in [0.15, 0.2) is 0 Å². The minimum absolute atomic E-state index is 0.605. The second-order valence-corrected chi connectivity index (χ2v) is 5.01. The third kappa shape index (κ3) is 1.40. The zero-order chi connectivity index (χ0) is 8.06. The van der Waals surface area contributed by atoms with Crippen LogP contribution in [-0.4, -0.2) is 25.8 Å². The van der Waals surface area contributed by atoms with Crippen LogP contribution in [0.3, 0.4) is 0 Å². The molecule has 0 aromatic rings. The lowest BCUT2D eigenvalue weighted by Gasteiger charge is -2.36. The molecule has 0 aromatic carbocycles. The van der Waals surface area contributed by atoms with Crippen molar-refractivity contribution >= 4 is 10.2 Å². The summed E-state index contributed by atoms with van der Waals surface area (Å²) >= 11 is 0. The van der Waals surface area contributed by atoms with Crippen molar-refractivity contribution in [3.8, 4) is 0 Å². The van der Waals surface area contributed by atoms with E-state index in [-0.39, 0.29) is 0 Å². The molecule has 1 aliphatic heterocycles. The summed E-state index contributed by atoms with van der Waals surface area (Å²) in [6.45, 7) is 1.31. The maximum absolute atomic E-state index is 10.7. The first-order valence-corrected chi connectivity index (χ1v) is 5.35. The minimum atomic E-state index is -3.37. The molecule has 1 aliphatic carbocycles. The SMILES string of the molecule is NS(=O)(=O)N1CC(C2CC2)C1. The summed E-state index contributed by atoms with van der Waals surface area (Å²) in [5.41, 5.74) is 0. The summed E-state index contributed by atoms with van der Waals surface area (Å²) in [6.07, 6.45) is 2.56. The molecule has 2 aliphatic rings. The van der Waals surface area contributed by atoms with Crippen LogP contribution in [0.4, 0.5) is 0 Å². The average molecular weight is 176 g/mol. The van der Waals surface area contributed by atoms with Gasteiger partial charge < -0.3 is 0 Å². The summed E-state index contributed by atoms with van der Waals surface area (Å²) in [4.78, 5) is 0. The van der Waals surface area contributed by atoms with E-state index in [0.717, 1.165) is 5.92 Å². The molecule has 0 bridgehead atoms. The van der Waals surface area contributed by atoms with Crippen LogP contribution < -0.4 is 5.14 Å². The van der Waals surface area contributed by atoms with Gasteiger partial charge in [-0.15, -0.1) is 0 Å². The monoisotopic (exact) mass is 176 g/mol. The van der Waals surface area contributed by atoms with E-state index < -0.39 is 10.2 Å². The van der Waals surface area contributed by atoms with Gasteiger partial charge in [-0.3, -0.25) is 0 Å². The van der Waals surface area contributed by atoms with E-state index in [4.69, 9.17) is 5.14 Å².